The van der Waals surface area contributed by atoms with E-state index in [0.717, 1.165) is 0 Å². The molecule has 0 saturated carbocycles. The number of carbonyl (C=O) groups is 1. The number of carbonyl (C=O) groups excluding carboxylic acids is 1. The second-order valence-corrected chi connectivity index (χ2v) is 1.04. The van der Waals surface area contributed by atoms with E-state index in [0.29, 0.717) is 6.54 Å². The fourth-order valence-electron chi connectivity index (χ4n) is 0.184. The molecule has 0 aromatic carbocycles. The SMILES string of the molecule is Cl.NC/C=C/C(N)=O. The summed E-state index contributed by atoms with van der Waals surface area (Å²) in [7, 11) is 0. The standard InChI is InChI=1S/C4H8N2O.ClH/c5-3-1-2-4(6)7;/h1-2H,3,5H2,(H2,6,7);1H/b2-1+;. The Bertz CT molecular complexity index is 92.0. The molecule has 48 valence electrons. The van der Waals surface area contributed by atoms with Gasteiger partial charge in [0.2, 0.25) is 5.91 Å². The van der Waals surface area contributed by atoms with Gasteiger partial charge in [0.15, 0.2) is 0 Å². The molecule has 0 spiro atoms. The van der Waals surface area contributed by atoms with E-state index in [4.69, 9.17) is 11.5 Å². The Morgan fingerprint density at radius 3 is 2.25 bits per heavy atom. The van der Waals surface area contributed by atoms with Gasteiger partial charge in [-0.2, -0.15) is 0 Å². The first kappa shape index (κ1) is 10.4. The maximum absolute atomic E-state index is 9.84. The summed E-state index contributed by atoms with van der Waals surface area (Å²) >= 11 is 0. The molecule has 4 heteroatoms. The van der Waals surface area contributed by atoms with Crippen LogP contribution in [-0.4, -0.2) is 12.5 Å². The van der Waals surface area contributed by atoms with E-state index in [2.05, 4.69) is 0 Å². The highest BCUT2D eigenvalue weighted by molar-refractivity contribution is 5.85. The van der Waals surface area contributed by atoms with Gasteiger partial charge in [-0.1, -0.05) is 6.08 Å². The average Bonchev–Trinajstić information content (AvgIpc) is 1.61. The van der Waals surface area contributed by atoms with Crippen molar-refractivity contribution in [2.24, 2.45) is 11.5 Å². The van der Waals surface area contributed by atoms with Crippen LogP contribution in [0.25, 0.3) is 0 Å². The van der Waals surface area contributed by atoms with Gasteiger partial charge in [-0.25, -0.2) is 0 Å². The van der Waals surface area contributed by atoms with Gasteiger partial charge in [-0.15, -0.1) is 12.4 Å². The predicted molar refractivity (Wildman–Crippen MR) is 34.6 cm³/mol. The minimum Gasteiger partial charge on any atom is -0.366 e. The van der Waals surface area contributed by atoms with Crippen LogP contribution >= 0.6 is 12.4 Å². The van der Waals surface area contributed by atoms with Crippen LogP contribution < -0.4 is 11.5 Å². The monoisotopic (exact) mass is 136 g/mol. The van der Waals surface area contributed by atoms with Crippen LogP contribution in [-0.2, 0) is 4.79 Å². The average molecular weight is 137 g/mol. The zero-order chi connectivity index (χ0) is 5.70. The lowest BCUT2D eigenvalue weighted by molar-refractivity contribution is -0.113. The van der Waals surface area contributed by atoms with Crippen molar-refractivity contribution in [1.82, 2.24) is 0 Å². The van der Waals surface area contributed by atoms with Gasteiger partial charge in [0.1, 0.15) is 0 Å². The molecule has 0 aliphatic carbocycles. The Morgan fingerprint density at radius 1 is 1.62 bits per heavy atom. The third-order valence-electron chi connectivity index (χ3n) is 0.418. The molecule has 0 bridgehead atoms. The van der Waals surface area contributed by atoms with Crippen molar-refractivity contribution in [1.29, 1.82) is 0 Å². The van der Waals surface area contributed by atoms with Crippen LogP contribution in [0, 0.1) is 0 Å². The molecule has 0 rings (SSSR count). The Hall–Kier alpha value is -0.540. The number of hydrogen-bond donors (Lipinski definition) is 2. The second-order valence-electron chi connectivity index (χ2n) is 1.04. The molecular weight excluding hydrogens is 128 g/mol. The number of primary amides is 1. The van der Waals surface area contributed by atoms with Crippen LogP contribution in [0.4, 0.5) is 0 Å². The first-order valence-electron chi connectivity index (χ1n) is 1.93. The maximum atomic E-state index is 9.84. The maximum Gasteiger partial charge on any atom is 0.241 e. The molecule has 3 nitrogen and oxygen atoms in total. The Morgan fingerprint density at radius 2 is 2.12 bits per heavy atom. The normalized spacial score (nSPS) is 8.62. The lowest BCUT2D eigenvalue weighted by atomic mass is 10.5. The number of hydrogen-bond acceptors (Lipinski definition) is 2. The summed E-state index contributed by atoms with van der Waals surface area (Å²) in [6.07, 6.45) is 2.74. The van der Waals surface area contributed by atoms with Gasteiger partial charge >= 0.3 is 0 Å². The van der Waals surface area contributed by atoms with Gasteiger partial charge in [-0.3, -0.25) is 4.79 Å². The molecule has 4 N–H and O–H groups in total. The molecule has 0 saturated heterocycles. The van der Waals surface area contributed by atoms with Crippen molar-refractivity contribution in [3.63, 3.8) is 0 Å². The molecule has 0 heterocycles. The number of rotatable bonds is 2. The van der Waals surface area contributed by atoms with E-state index >= 15 is 0 Å². The highest BCUT2D eigenvalue weighted by Gasteiger charge is 1.75. The zero-order valence-electron chi connectivity index (χ0n) is 4.33. The molecule has 1 amide bonds. The first-order valence-corrected chi connectivity index (χ1v) is 1.93. The number of amides is 1. The fourth-order valence-corrected chi connectivity index (χ4v) is 0.184. The van der Waals surface area contributed by atoms with Crippen molar-refractivity contribution in [2.45, 2.75) is 0 Å². The summed E-state index contributed by atoms with van der Waals surface area (Å²) in [5, 5.41) is 0. The van der Waals surface area contributed by atoms with Crippen molar-refractivity contribution in [2.75, 3.05) is 6.54 Å². The molecule has 8 heavy (non-hydrogen) atoms. The summed E-state index contributed by atoms with van der Waals surface area (Å²) in [6.45, 7) is 0.364. The summed E-state index contributed by atoms with van der Waals surface area (Å²) in [4.78, 5) is 9.84. The van der Waals surface area contributed by atoms with E-state index in [1.54, 1.807) is 0 Å². The van der Waals surface area contributed by atoms with Crippen molar-refractivity contribution in [3.05, 3.63) is 12.2 Å². The summed E-state index contributed by atoms with van der Waals surface area (Å²) < 4.78 is 0. The van der Waals surface area contributed by atoms with E-state index in [-0.39, 0.29) is 12.4 Å². The van der Waals surface area contributed by atoms with E-state index in [9.17, 15) is 4.79 Å². The number of nitrogens with two attached hydrogens (primary N) is 2. The predicted octanol–water partition coefficient (Wildman–Crippen LogP) is -0.592. The molecule has 0 fully saturated rings. The van der Waals surface area contributed by atoms with Crippen LogP contribution in [0.3, 0.4) is 0 Å². The summed E-state index contributed by atoms with van der Waals surface area (Å²) in [5.41, 5.74) is 9.68. The highest BCUT2D eigenvalue weighted by Crippen LogP contribution is 1.62. The summed E-state index contributed by atoms with van der Waals surface area (Å²) in [5.74, 6) is -0.453. The summed E-state index contributed by atoms with van der Waals surface area (Å²) in [6, 6.07) is 0. The lowest BCUT2D eigenvalue weighted by Crippen LogP contribution is -2.06. The van der Waals surface area contributed by atoms with Crippen LogP contribution in [0.15, 0.2) is 12.2 Å². The molecule has 0 aromatic rings. The highest BCUT2D eigenvalue weighted by atomic mass is 35.5. The minimum atomic E-state index is -0.453. The Balaban J connectivity index is 0. The van der Waals surface area contributed by atoms with Crippen LogP contribution in [0.1, 0.15) is 0 Å². The van der Waals surface area contributed by atoms with Gasteiger partial charge in [-0.05, 0) is 6.08 Å². The van der Waals surface area contributed by atoms with Crippen LogP contribution in [0.5, 0.6) is 0 Å². The molecule has 0 aliphatic rings. The largest absolute Gasteiger partial charge is 0.366 e. The van der Waals surface area contributed by atoms with Crippen molar-refractivity contribution >= 4 is 18.3 Å². The van der Waals surface area contributed by atoms with Crippen LogP contribution in [0.2, 0.25) is 0 Å². The fraction of sp³-hybridized carbons (Fsp3) is 0.250. The first-order chi connectivity index (χ1) is 3.27. The molecule has 0 unspecified atom stereocenters. The van der Waals surface area contributed by atoms with Gasteiger partial charge < -0.3 is 11.5 Å². The topological polar surface area (TPSA) is 69.1 Å². The molecular formula is C4H9ClN2O. The van der Waals surface area contributed by atoms with E-state index in [1.807, 2.05) is 0 Å². The van der Waals surface area contributed by atoms with E-state index in [1.165, 1.54) is 12.2 Å². The third kappa shape index (κ3) is 9.07. The van der Waals surface area contributed by atoms with Gasteiger partial charge in [0.25, 0.3) is 0 Å². The Labute approximate surface area is 54.1 Å². The molecule has 0 aliphatic heterocycles. The van der Waals surface area contributed by atoms with Gasteiger partial charge in [0.05, 0.1) is 0 Å². The van der Waals surface area contributed by atoms with Crippen molar-refractivity contribution < 1.29 is 4.79 Å². The smallest absolute Gasteiger partial charge is 0.241 e. The quantitative estimate of drug-likeness (QED) is 0.498. The van der Waals surface area contributed by atoms with Crippen molar-refractivity contribution in [3.8, 4) is 0 Å². The van der Waals surface area contributed by atoms with E-state index < -0.39 is 5.91 Å². The third-order valence-corrected chi connectivity index (χ3v) is 0.418. The Kier molecular flexibility index (Phi) is 8.43. The molecule has 0 radical (unpaired) electrons. The second kappa shape index (κ2) is 6.46. The molecule has 0 atom stereocenters. The lowest BCUT2D eigenvalue weighted by Gasteiger charge is -1.75. The minimum absolute atomic E-state index is 0. The number of halogens is 1. The zero-order valence-corrected chi connectivity index (χ0v) is 5.15. The van der Waals surface area contributed by atoms with Gasteiger partial charge in [0, 0.05) is 6.54 Å². The molecule has 0 aromatic heterocycles.